The highest BCUT2D eigenvalue weighted by atomic mass is 19.3. The fourth-order valence-electron chi connectivity index (χ4n) is 1.42. The van der Waals surface area contributed by atoms with Crippen molar-refractivity contribution >= 4 is 0 Å². The molecule has 1 nitrogen and oxygen atoms in total. The second-order valence-electron chi connectivity index (χ2n) is 3.72. The Morgan fingerprint density at radius 1 is 1.06 bits per heavy atom. The van der Waals surface area contributed by atoms with Crippen molar-refractivity contribution in [2.24, 2.45) is 0 Å². The van der Waals surface area contributed by atoms with E-state index < -0.39 is 5.92 Å². The zero-order valence-electron chi connectivity index (χ0n) is 11.5. The van der Waals surface area contributed by atoms with E-state index in [0.717, 1.165) is 0 Å². The molecule has 1 fully saturated rings. The summed E-state index contributed by atoms with van der Waals surface area (Å²) in [6, 6.07) is 0. The largest absolute Gasteiger partial charge is 0.379 e. The van der Waals surface area contributed by atoms with Gasteiger partial charge < -0.3 is 4.74 Å². The smallest absolute Gasteiger partial charge is 0.248 e. The lowest BCUT2D eigenvalue weighted by molar-refractivity contribution is -0.0785. The van der Waals surface area contributed by atoms with Gasteiger partial charge in [0.1, 0.15) is 0 Å². The predicted molar refractivity (Wildman–Crippen MR) is 66.1 cm³/mol. The molecule has 16 heavy (non-hydrogen) atoms. The highest BCUT2D eigenvalue weighted by molar-refractivity contribution is 4.77. The van der Waals surface area contributed by atoms with Gasteiger partial charge in [-0.25, -0.2) is 8.78 Å². The number of halogens is 2. The molecule has 1 aliphatic rings. The molecular formula is C13H28F2O. The molecule has 0 aromatic rings. The Hall–Kier alpha value is -0.180. The number of hydrogen-bond donors (Lipinski definition) is 0. The van der Waals surface area contributed by atoms with Crippen molar-refractivity contribution in [3.63, 3.8) is 0 Å². The molecule has 0 radical (unpaired) electrons. The summed E-state index contributed by atoms with van der Waals surface area (Å²) >= 11 is 0. The summed E-state index contributed by atoms with van der Waals surface area (Å²) in [5.41, 5.74) is 0. The zero-order chi connectivity index (χ0) is 13.0. The Balaban J connectivity index is 0. The van der Waals surface area contributed by atoms with Gasteiger partial charge in [-0.1, -0.05) is 34.1 Å². The van der Waals surface area contributed by atoms with E-state index in [-0.39, 0.29) is 18.9 Å². The van der Waals surface area contributed by atoms with Crippen LogP contribution in [-0.4, -0.2) is 18.6 Å². The van der Waals surface area contributed by atoms with Crippen molar-refractivity contribution < 1.29 is 13.5 Å². The third-order valence-electron chi connectivity index (χ3n) is 2.07. The van der Waals surface area contributed by atoms with Crippen LogP contribution >= 0.6 is 0 Å². The molecule has 0 N–H and O–H groups in total. The molecule has 0 amide bonds. The summed E-state index contributed by atoms with van der Waals surface area (Å²) in [6.45, 7) is 10.8. The van der Waals surface area contributed by atoms with Gasteiger partial charge in [-0.05, 0) is 19.8 Å². The summed E-state index contributed by atoms with van der Waals surface area (Å²) in [4.78, 5) is 0. The molecule has 0 aliphatic heterocycles. The minimum absolute atomic E-state index is 0.00231. The summed E-state index contributed by atoms with van der Waals surface area (Å²) < 4.78 is 30.4. The number of alkyl halides is 2. The average Bonchev–Trinajstić information content (AvgIpc) is 2.26. The van der Waals surface area contributed by atoms with E-state index in [2.05, 4.69) is 13.8 Å². The third-order valence-corrected chi connectivity index (χ3v) is 2.07. The van der Waals surface area contributed by atoms with Crippen molar-refractivity contribution in [3.05, 3.63) is 0 Å². The van der Waals surface area contributed by atoms with E-state index in [4.69, 9.17) is 4.74 Å². The normalized spacial score (nSPS) is 18.9. The maximum absolute atomic E-state index is 12.6. The van der Waals surface area contributed by atoms with E-state index in [1.165, 1.54) is 6.42 Å². The van der Waals surface area contributed by atoms with E-state index >= 15 is 0 Å². The maximum atomic E-state index is 12.6. The van der Waals surface area contributed by atoms with Gasteiger partial charge in [0.15, 0.2) is 0 Å². The molecule has 1 saturated carbocycles. The molecule has 1 rings (SSSR count). The van der Waals surface area contributed by atoms with Crippen LogP contribution in [0, 0.1) is 0 Å². The Morgan fingerprint density at radius 3 is 1.75 bits per heavy atom. The molecule has 0 bridgehead atoms. The number of rotatable bonds is 2. The van der Waals surface area contributed by atoms with Crippen LogP contribution < -0.4 is 0 Å². The Labute approximate surface area is 99.6 Å². The van der Waals surface area contributed by atoms with Gasteiger partial charge >= 0.3 is 0 Å². The van der Waals surface area contributed by atoms with Crippen molar-refractivity contribution in [2.45, 2.75) is 78.7 Å². The Bertz CT molecular complexity index is 128. The summed E-state index contributed by atoms with van der Waals surface area (Å²) in [7, 11) is 0. The molecule has 3 heteroatoms. The molecule has 0 aromatic heterocycles. The van der Waals surface area contributed by atoms with Gasteiger partial charge in [-0.3, -0.25) is 0 Å². The molecule has 1 aliphatic carbocycles. The Morgan fingerprint density at radius 2 is 1.44 bits per heavy atom. The van der Waals surface area contributed by atoms with E-state index in [1.54, 1.807) is 0 Å². The minimum atomic E-state index is -2.42. The SMILES string of the molecule is CC.CCC.CCOC1CCC(F)(F)CC1. The van der Waals surface area contributed by atoms with Crippen LogP contribution in [0.4, 0.5) is 8.78 Å². The van der Waals surface area contributed by atoms with Crippen molar-refractivity contribution in [2.75, 3.05) is 6.61 Å². The van der Waals surface area contributed by atoms with Gasteiger partial charge in [0.05, 0.1) is 6.10 Å². The second kappa shape index (κ2) is 11.3. The molecule has 0 aromatic carbocycles. The number of hydrogen-bond acceptors (Lipinski definition) is 1. The van der Waals surface area contributed by atoms with Crippen LogP contribution in [0.15, 0.2) is 0 Å². The van der Waals surface area contributed by atoms with Crippen molar-refractivity contribution in [1.82, 2.24) is 0 Å². The average molecular weight is 238 g/mol. The fraction of sp³-hybridized carbons (Fsp3) is 1.00. The van der Waals surface area contributed by atoms with Crippen LogP contribution in [-0.2, 0) is 4.74 Å². The fourth-order valence-corrected chi connectivity index (χ4v) is 1.42. The lowest BCUT2D eigenvalue weighted by Crippen LogP contribution is -2.28. The first kappa shape index (κ1) is 18.2. The summed E-state index contributed by atoms with van der Waals surface area (Å²) in [5, 5.41) is 0. The van der Waals surface area contributed by atoms with E-state index in [1.807, 2.05) is 20.8 Å². The highest BCUT2D eigenvalue weighted by Gasteiger charge is 2.34. The molecule has 100 valence electrons. The summed E-state index contributed by atoms with van der Waals surface area (Å²) in [5.74, 6) is -2.42. The molecule has 0 heterocycles. The summed E-state index contributed by atoms with van der Waals surface area (Å²) in [6.07, 6.45) is 2.36. The lowest BCUT2D eigenvalue weighted by atomic mass is 9.94. The van der Waals surface area contributed by atoms with Crippen LogP contribution in [0.2, 0.25) is 0 Å². The minimum Gasteiger partial charge on any atom is -0.379 e. The van der Waals surface area contributed by atoms with Gasteiger partial charge in [0.25, 0.3) is 0 Å². The maximum Gasteiger partial charge on any atom is 0.248 e. The van der Waals surface area contributed by atoms with E-state index in [9.17, 15) is 8.78 Å². The quantitative estimate of drug-likeness (QED) is 0.654. The molecular weight excluding hydrogens is 210 g/mol. The third kappa shape index (κ3) is 10.3. The van der Waals surface area contributed by atoms with Crippen molar-refractivity contribution in [3.8, 4) is 0 Å². The first-order valence-electron chi connectivity index (χ1n) is 6.55. The molecule has 0 spiro atoms. The zero-order valence-corrected chi connectivity index (χ0v) is 11.5. The molecule has 0 unspecified atom stereocenters. The van der Waals surface area contributed by atoms with Gasteiger partial charge in [0.2, 0.25) is 5.92 Å². The van der Waals surface area contributed by atoms with Crippen molar-refractivity contribution in [1.29, 1.82) is 0 Å². The molecule has 0 atom stereocenters. The predicted octanol–water partition coefficient (Wildman–Crippen LogP) is 5.04. The van der Waals surface area contributed by atoms with Gasteiger partial charge in [-0.2, -0.15) is 0 Å². The second-order valence-corrected chi connectivity index (χ2v) is 3.72. The van der Waals surface area contributed by atoms with Crippen LogP contribution in [0.25, 0.3) is 0 Å². The van der Waals surface area contributed by atoms with Crippen LogP contribution in [0.5, 0.6) is 0 Å². The lowest BCUT2D eigenvalue weighted by Gasteiger charge is -2.27. The monoisotopic (exact) mass is 238 g/mol. The van der Waals surface area contributed by atoms with Crippen LogP contribution in [0.1, 0.15) is 66.7 Å². The standard InChI is InChI=1S/C8H14F2O.C3H8.C2H6/c1-2-11-7-3-5-8(9,10)6-4-7;1-3-2;1-2/h7H,2-6H2,1H3;3H2,1-2H3;1-2H3. The Kier molecular flexibility index (Phi) is 12.9. The topological polar surface area (TPSA) is 9.23 Å². The van der Waals surface area contributed by atoms with E-state index in [0.29, 0.717) is 19.4 Å². The van der Waals surface area contributed by atoms with Crippen LogP contribution in [0.3, 0.4) is 0 Å². The van der Waals surface area contributed by atoms with Gasteiger partial charge in [-0.15, -0.1) is 0 Å². The highest BCUT2D eigenvalue weighted by Crippen LogP contribution is 2.33. The number of ether oxygens (including phenoxy) is 1. The van der Waals surface area contributed by atoms with Gasteiger partial charge in [0, 0.05) is 19.4 Å². The molecule has 0 saturated heterocycles. The first-order chi connectivity index (χ1) is 7.55. The first-order valence-corrected chi connectivity index (χ1v) is 6.55.